The van der Waals surface area contributed by atoms with Gasteiger partial charge >= 0.3 is 5.97 Å². The third-order valence-electron chi connectivity index (χ3n) is 4.36. The maximum atomic E-state index is 12.3. The second kappa shape index (κ2) is 7.59. The Morgan fingerprint density at radius 3 is 2.62 bits per heavy atom. The van der Waals surface area contributed by atoms with Crippen LogP contribution in [0, 0.1) is 6.92 Å². The van der Waals surface area contributed by atoms with Crippen molar-refractivity contribution in [2.45, 2.75) is 64.5 Å². The number of aryl methyl sites for hydroxylation is 1. The molecule has 118 valence electrons. The highest BCUT2D eigenvalue weighted by molar-refractivity contribution is 5.78. The number of nitrogens with one attached hydrogen (secondary N) is 1. The molecule has 2 rings (SSSR count). The Hall–Kier alpha value is -1.36. The maximum absolute atomic E-state index is 12.3. The van der Waals surface area contributed by atoms with Crippen molar-refractivity contribution in [1.29, 1.82) is 0 Å². The van der Waals surface area contributed by atoms with Crippen LogP contribution in [0.4, 0.5) is 0 Å². The minimum atomic E-state index is -0.401. The molecule has 1 heterocycles. The van der Waals surface area contributed by atoms with E-state index in [0.717, 1.165) is 24.1 Å². The number of hydrogen-bond donors (Lipinski definition) is 1. The highest BCUT2D eigenvalue weighted by atomic mass is 16.5. The molecule has 1 saturated carbocycles. The van der Waals surface area contributed by atoms with Crippen molar-refractivity contribution in [3.8, 4) is 0 Å². The van der Waals surface area contributed by atoms with E-state index in [1.807, 2.05) is 20.9 Å². The van der Waals surface area contributed by atoms with Gasteiger partial charge in [-0.25, -0.2) is 4.79 Å². The lowest BCUT2D eigenvalue weighted by Gasteiger charge is -2.23. The van der Waals surface area contributed by atoms with E-state index in [1.165, 1.54) is 25.7 Å². The summed E-state index contributed by atoms with van der Waals surface area (Å²) >= 11 is 0. The lowest BCUT2D eigenvalue weighted by atomic mass is 10.0. The topological polar surface area (TPSA) is 56.1 Å². The summed E-state index contributed by atoms with van der Waals surface area (Å²) in [7, 11) is 1.90. The van der Waals surface area contributed by atoms with Gasteiger partial charge in [-0.15, -0.1) is 0 Å². The molecule has 0 amide bonds. The molecule has 0 bridgehead atoms. The summed E-state index contributed by atoms with van der Waals surface area (Å²) in [5.41, 5.74) is 1.94. The molecule has 1 aliphatic rings. The standard InChI is InChI=1S/C16H27N3O2/c1-4-21-16(20)15(14-11-17-19(3)12(14)2)18-13-9-7-5-6-8-10-13/h11,13,15,18H,4-10H2,1-3H3. The van der Waals surface area contributed by atoms with Gasteiger partial charge < -0.3 is 4.74 Å². The Balaban J connectivity index is 2.15. The Morgan fingerprint density at radius 2 is 2.10 bits per heavy atom. The summed E-state index contributed by atoms with van der Waals surface area (Å²) in [6.45, 7) is 4.24. The zero-order valence-electron chi connectivity index (χ0n) is 13.4. The summed E-state index contributed by atoms with van der Waals surface area (Å²) in [4.78, 5) is 12.3. The molecule has 1 aliphatic carbocycles. The van der Waals surface area contributed by atoms with Crippen LogP contribution in [0.5, 0.6) is 0 Å². The Morgan fingerprint density at radius 1 is 1.43 bits per heavy atom. The van der Waals surface area contributed by atoms with Crippen LogP contribution in [0.15, 0.2) is 6.20 Å². The number of hydrogen-bond acceptors (Lipinski definition) is 4. The van der Waals surface area contributed by atoms with Crippen LogP contribution in [0.3, 0.4) is 0 Å². The Labute approximate surface area is 127 Å². The van der Waals surface area contributed by atoms with E-state index in [0.29, 0.717) is 12.6 Å². The third kappa shape index (κ3) is 4.06. The monoisotopic (exact) mass is 293 g/mol. The van der Waals surface area contributed by atoms with E-state index in [2.05, 4.69) is 10.4 Å². The number of ether oxygens (including phenoxy) is 1. The summed E-state index contributed by atoms with van der Waals surface area (Å²) in [6.07, 6.45) is 9.12. The molecule has 21 heavy (non-hydrogen) atoms. The SMILES string of the molecule is CCOC(=O)C(NC1CCCCCC1)c1cnn(C)c1C. The van der Waals surface area contributed by atoms with E-state index in [9.17, 15) is 4.79 Å². The van der Waals surface area contributed by atoms with Crippen LogP contribution in [0.1, 0.15) is 62.7 Å². The number of nitrogens with zero attached hydrogens (tertiary/aromatic N) is 2. The molecule has 0 spiro atoms. The molecule has 0 saturated heterocycles. The molecule has 0 aliphatic heterocycles. The lowest BCUT2D eigenvalue weighted by Crippen LogP contribution is -2.38. The second-order valence-electron chi connectivity index (χ2n) is 5.85. The van der Waals surface area contributed by atoms with Crippen molar-refractivity contribution in [3.05, 3.63) is 17.5 Å². The first-order valence-corrected chi connectivity index (χ1v) is 8.04. The highest BCUT2D eigenvalue weighted by Crippen LogP contribution is 2.23. The molecule has 1 atom stereocenters. The van der Waals surface area contributed by atoms with Gasteiger partial charge in [-0.1, -0.05) is 25.7 Å². The largest absolute Gasteiger partial charge is 0.465 e. The molecule has 5 nitrogen and oxygen atoms in total. The average Bonchev–Trinajstić information content (AvgIpc) is 2.69. The minimum absolute atomic E-state index is 0.196. The van der Waals surface area contributed by atoms with Crippen LogP contribution in [0.2, 0.25) is 0 Å². The van der Waals surface area contributed by atoms with E-state index in [-0.39, 0.29) is 5.97 Å². The fraction of sp³-hybridized carbons (Fsp3) is 0.750. The Bertz CT molecular complexity index is 462. The summed E-state index contributed by atoms with van der Waals surface area (Å²) < 4.78 is 7.06. The molecule has 0 radical (unpaired) electrons. The minimum Gasteiger partial charge on any atom is -0.465 e. The molecule has 1 aromatic rings. The molecular formula is C16H27N3O2. The molecular weight excluding hydrogens is 266 g/mol. The first kappa shape index (κ1) is 16.0. The number of carbonyl (C=O) groups excluding carboxylic acids is 1. The normalized spacial score (nSPS) is 18.2. The first-order valence-electron chi connectivity index (χ1n) is 8.04. The van der Waals surface area contributed by atoms with E-state index >= 15 is 0 Å². The lowest BCUT2D eigenvalue weighted by molar-refractivity contribution is -0.146. The van der Waals surface area contributed by atoms with Crippen molar-refractivity contribution in [2.24, 2.45) is 7.05 Å². The highest BCUT2D eigenvalue weighted by Gasteiger charge is 2.28. The fourth-order valence-electron chi connectivity index (χ4n) is 2.99. The number of aromatic nitrogens is 2. The summed E-state index contributed by atoms with van der Waals surface area (Å²) in [5.74, 6) is -0.196. The van der Waals surface area contributed by atoms with Crippen molar-refractivity contribution in [2.75, 3.05) is 6.61 Å². The third-order valence-corrected chi connectivity index (χ3v) is 4.36. The first-order chi connectivity index (χ1) is 10.1. The number of esters is 1. The second-order valence-corrected chi connectivity index (χ2v) is 5.85. The van der Waals surface area contributed by atoms with Crippen LogP contribution in [-0.2, 0) is 16.6 Å². The molecule has 1 N–H and O–H groups in total. The van der Waals surface area contributed by atoms with Crippen molar-refractivity contribution in [1.82, 2.24) is 15.1 Å². The van der Waals surface area contributed by atoms with Gasteiger partial charge in [0.1, 0.15) is 6.04 Å². The smallest absolute Gasteiger partial charge is 0.327 e. The quantitative estimate of drug-likeness (QED) is 0.670. The van der Waals surface area contributed by atoms with Gasteiger partial charge in [-0.2, -0.15) is 5.10 Å². The van der Waals surface area contributed by atoms with Crippen LogP contribution >= 0.6 is 0 Å². The summed E-state index contributed by atoms with van der Waals surface area (Å²) in [6, 6.07) is -0.0109. The molecule has 1 aromatic heterocycles. The molecule has 5 heteroatoms. The zero-order valence-corrected chi connectivity index (χ0v) is 13.4. The number of carbonyl (C=O) groups is 1. The average molecular weight is 293 g/mol. The molecule has 1 fully saturated rings. The van der Waals surface area contributed by atoms with Crippen molar-refractivity contribution in [3.63, 3.8) is 0 Å². The van der Waals surface area contributed by atoms with Gasteiger partial charge in [-0.05, 0) is 26.7 Å². The zero-order chi connectivity index (χ0) is 15.2. The van der Waals surface area contributed by atoms with E-state index < -0.39 is 6.04 Å². The van der Waals surface area contributed by atoms with Crippen molar-refractivity contribution >= 4 is 5.97 Å². The predicted octanol–water partition coefficient (Wildman–Crippen LogP) is 2.65. The maximum Gasteiger partial charge on any atom is 0.327 e. The van der Waals surface area contributed by atoms with Crippen LogP contribution in [-0.4, -0.2) is 28.4 Å². The van der Waals surface area contributed by atoms with E-state index in [1.54, 1.807) is 10.9 Å². The van der Waals surface area contributed by atoms with Gasteiger partial charge in [0.15, 0.2) is 0 Å². The van der Waals surface area contributed by atoms with Crippen molar-refractivity contribution < 1.29 is 9.53 Å². The molecule has 1 unspecified atom stereocenters. The summed E-state index contributed by atoms with van der Waals surface area (Å²) in [5, 5.41) is 7.78. The predicted molar refractivity (Wildman–Crippen MR) is 81.9 cm³/mol. The van der Waals surface area contributed by atoms with Gasteiger partial charge in [0.05, 0.1) is 12.8 Å². The van der Waals surface area contributed by atoms with Gasteiger partial charge in [-0.3, -0.25) is 10.00 Å². The van der Waals surface area contributed by atoms with Gasteiger partial charge in [0.25, 0.3) is 0 Å². The fourth-order valence-corrected chi connectivity index (χ4v) is 2.99. The van der Waals surface area contributed by atoms with Crippen LogP contribution in [0.25, 0.3) is 0 Å². The van der Waals surface area contributed by atoms with E-state index in [4.69, 9.17) is 4.74 Å². The Kier molecular flexibility index (Phi) is 5.79. The molecule has 0 aromatic carbocycles. The number of rotatable bonds is 5. The van der Waals surface area contributed by atoms with Gasteiger partial charge in [0, 0.05) is 24.3 Å². The van der Waals surface area contributed by atoms with Crippen LogP contribution < -0.4 is 5.32 Å². The van der Waals surface area contributed by atoms with Gasteiger partial charge in [0.2, 0.25) is 0 Å².